The third-order valence-corrected chi connectivity index (χ3v) is 3.88. The molecule has 0 bridgehead atoms. The lowest BCUT2D eigenvalue weighted by molar-refractivity contribution is -0.115. The Morgan fingerprint density at radius 1 is 1.10 bits per heavy atom. The molecule has 4 heteroatoms. The fourth-order valence-corrected chi connectivity index (χ4v) is 2.47. The first-order valence-corrected chi connectivity index (χ1v) is 8.19. The van der Waals surface area contributed by atoms with Crippen molar-refractivity contribution in [2.24, 2.45) is 0 Å². The molecular weight excluding hydrogens is 350 g/mol. The Balaban J connectivity index is 1.94. The minimum absolute atomic E-state index is 0.00758. The summed E-state index contributed by atoms with van der Waals surface area (Å²) >= 11 is 9.09. The molecule has 0 aliphatic carbocycles. The van der Waals surface area contributed by atoms with Crippen LogP contribution in [0.1, 0.15) is 17.5 Å². The molecule has 0 aliphatic rings. The fraction of sp³-hybridized carbons (Fsp3) is 0.235. The first-order chi connectivity index (χ1) is 10.2. The molecule has 2 nitrogen and oxygen atoms in total. The summed E-state index contributed by atoms with van der Waals surface area (Å²) in [4.78, 5) is 12.0. The fourth-order valence-electron chi connectivity index (χ4n) is 2.07. The molecule has 1 N–H and O–H groups in total. The SMILES string of the molecule is O=C(Cc1ccc(Br)cc1)Nc1cccc(CCCCl)c1. The minimum Gasteiger partial charge on any atom is -0.326 e. The maximum atomic E-state index is 12.0. The maximum Gasteiger partial charge on any atom is 0.228 e. The summed E-state index contributed by atoms with van der Waals surface area (Å²) in [5.41, 5.74) is 3.02. The highest BCUT2D eigenvalue weighted by Gasteiger charge is 2.05. The highest BCUT2D eigenvalue weighted by molar-refractivity contribution is 9.10. The van der Waals surface area contributed by atoms with Crippen LogP contribution in [-0.4, -0.2) is 11.8 Å². The van der Waals surface area contributed by atoms with E-state index in [2.05, 4.69) is 27.3 Å². The van der Waals surface area contributed by atoms with E-state index in [4.69, 9.17) is 11.6 Å². The van der Waals surface area contributed by atoms with Gasteiger partial charge in [0.15, 0.2) is 0 Å². The molecule has 21 heavy (non-hydrogen) atoms. The summed E-state index contributed by atoms with van der Waals surface area (Å²) in [5, 5.41) is 2.94. The predicted octanol–water partition coefficient (Wildman–Crippen LogP) is 4.80. The van der Waals surface area contributed by atoms with Gasteiger partial charge in [0.2, 0.25) is 5.91 Å². The van der Waals surface area contributed by atoms with Crippen LogP contribution in [0.3, 0.4) is 0 Å². The van der Waals surface area contributed by atoms with E-state index in [1.807, 2.05) is 42.5 Å². The molecule has 0 saturated carbocycles. The van der Waals surface area contributed by atoms with Gasteiger partial charge in [0, 0.05) is 16.0 Å². The average Bonchev–Trinajstić information content (AvgIpc) is 2.48. The minimum atomic E-state index is -0.00758. The standard InChI is InChI=1S/C17H17BrClNO/c18-15-8-6-14(7-9-15)12-17(21)20-16-5-1-3-13(11-16)4-2-10-19/h1,3,5-9,11H,2,4,10,12H2,(H,20,21). The first-order valence-electron chi connectivity index (χ1n) is 6.86. The molecule has 0 atom stereocenters. The van der Waals surface area contributed by atoms with Crippen LogP contribution in [0.2, 0.25) is 0 Å². The molecule has 0 spiro atoms. The smallest absolute Gasteiger partial charge is 0.228 e. The van der Waals surface area contributed by atoms with E-state index in [0.717, 1.165) is 28.6 Å². The van der Waals surface area contributed by atoms with Gasteiger partial charge in [-0.3, -0.25) is 4.79 Å². The van der Waals surface area contributed by atoms with Gasteiger partial charge in [-0.1, -0.05) is 40.2 Å². The van der Waals surface area contributed by atoms with Crippen LogP contribution in [0.5, 0.6) is 0 Å². The van der Waals surface area contributed by atoms with Crippen molar-refractivity contribution in [2.75, 3.05) is 11.2 Å². The van der Waals surface area contributed by atoms with Crippen molar-refractivity contribution in [3.8, 4) is 0 Å². The lowest BCUT2D eigenvalue weighted by atomic mass is 10.1. The number of hydrogen-bond acceptors (Lipinski definition) is 1. The van der Waals surface area contributed by atoms with Gasteiger partial charge in [-0.15, -0.1) is 11.6 Å². The second-order valence-corrected chi connectivity index (χ2v) is 6.14. The molecular formula is C17H17BrClNO. The monoisotopic (exact) mass is 365 g/mol. The number of nitrogens with one attached hydrogen (secondary N) is 1. The zero-order valence-electron chi connectivity index (χ0n) is 11.6. The molecule has 2 rings (SSSR count). The third kappa shape index (κ3) is 5.52. The second-order valence-electron chi connectivity index (χ2n) is 4.84. The van der Waals surface area contributed by atoms with Crippen LogP contribution in [-0.2, 0) is 17.6 Å². The van der Waals surface area contributed by atoms with Crippen molar-refractivity contribution in [1.82, 2.24) is 0 Å². The first kappa shape index (κ1) is 16.1. The summed E-state index contributed by atoms with van der Waals surface area (Å²) < 4.78 is 1.01. The summed E-state index contributed by atoms with van der Waals surface area (Å²) in [6.45, 7) is 0. The van der Waals surface area contributed by atoms with Gasteiger partial charge < -0.3 is 5.32 Å². The molecule has 1 amide bonds. The summed E-state index contributed by atoms with van der Waals surface area (Å²) in [7, 11) is 0. The third-order valence-electron chi connectivity index (χ3n) is 3.09. The van der Waals surface area contributed by atoms with Crippen molar-refractivity contribution < 1.29 is 4.79 Å². The summed E-state index contributed by atoms with van der Waals surface area (Å²) in [5.74, 6) is 0.645. The van der Waals surface area contributed by atoms with Gasteiger partial charge in [0.25, 0.3) is 0 Å². The highest BCUT2D eigenvalue weighted by atomic mass is 79.9. The number of anilines is 1. The predicted molar refractivity (Wildman–Crippen MR) is 92.0 cm³/mol. The lowest BCUT2D eigenvalue weighted by Crippen LogP contribution is -2.14. The van der Waals surface area contributed by atoms with E-state index in [1.165, 1.54) is 5.56 Å². The Kier molecular flexibility index (Phi) is 6.27. The summed E-state index contributed by atoms with van der Waals surface area (Å²) in [6.07, 6.45) is 2.25. The van der Waals surface area contributed by atoms with E-state index in [0.29, 0.717) is 12.3 Å². The van der Waals surface area contributed by atoms with Gasteiger partial charge in [-0.25, -0.2) is 0 Å². The molecule has 110 valence electrons. The number of aryl methyl sites for hydroxylation is 1. The number of benzene rings is 2. The van der Waals surface area contributed by atoms with Crippen LogP contribution in [0.4, 0.5) is 5.69 Å². The number of carbonyl (C=O) groups is 1. The van der Waals surface area contributed by atoms with Crippen molar-refractivity contribution in [2.45, 2.75) is 19.3 Å². The van der Waals surface area contributed by atoms with Crippen molar-refractivity contribution in [3.63, 3.8) is 0 Å². The van der Waals surface area contributed by atoms with Crippen LogP contribution in [0.25, 0.3) is 0 Å². The van der Waals surface area contributed by atoms with Crippen molar-refractivity contribution >= 4 is 39.1 Å². The van der Waals surface area contributed by atoms with Gasteiger partial charge in [0.05, 0.1) is 6.42 Å². The zero-order chi connectivity index (χ0) is 15.1. The van der Waals surface area contributed by atoms with Crippen LogP contribution in [0, 0.1) is 0 Å². The Bertz CT molecular complexity index is 598. The van der Waals surface area contributed by atoms with Gasteiger partial charge in [0.1, 0.15) is 0 Å². The Labute approximate surface area is 138 Å². The topological polar surface area (TPSA) is 29.1 Å². The maximum absolute atomic E-state index is 12.0. The zero-order valence-corrected chi connectivity index (χ0v) is 14.0. The largest absolute Gasteiger partial charge is 0.326 e. The second kappa shape index (κ2) is 8.20. The summed E-state index contributed by atoms with van der Waals surface area (Å²) in [6, 6.07) is 15.7. The van der Waals surface area contributed by atoms with E-state index in [-0.39, 0.29) is 5.91 Å². The molecule has 2 aromatic carbocycles. The van der Waals surface area contributed by atoms with Crippen molar-refractivity contribution in [3.05, 3.63) is 64.1 Å². The van der Waals surface area contributed by atoms with Crippen LogP contribution >= 0.6 is 27.5 Å². The van der Waals surface area contributed by atoms with E-state index in [1.54, 1.807) is 0 Å². The average molecular weight is 367 g/mol. The Morgan fingerprint density at radius 2 is 1.86 bits per heavy atom. The number of alkyl halides is 1. The Morgan fingerprint density at radius 3 is 2.57 bits per heavy atom. The lowest BCUT2D eigenvalue weighted by Gasteiger charge is -2.07. The van der Waals surface area contributed by atoms with Crippen LogP contribution < -0.4 is 5.32 Å². The number of amides is 1. The molecule has 0 fully saturated rings. The van der Waals surface area contributed by atoms with Crippen molar-refractivity contribution in [1.29, 1.82) is 0 Å². The number of rotatable bonds is 6. The van der Waals surface area contributed by atoms with Gasteiger partial charge in [-0.05, 0) is 48.2 Å². The molecule has 0 aliphatic heterocycles. The number of carbonyl (C=O) groups excluding carboxylic acids is 1. The molecule has 2 aromatic rings. The highest BCUT2D eigenvalue weighted by Crippen LogP contribution is 2.14. The number of halogens is 2. The Hall–Kier alpha value is -1.32. The molecule has 0 radical (unpaired) electrons. The van der Waals surface area contributed by atoms with E-state index in [9.17, 15) is 4.79 Å². The van der Waals surface area contributed by atoms with Crippen LogP contribution in [0.15, 0.2) is 53.0 Å². The molecule has 0 aromatic heterocycles. The molecule has 0 unspecified atom stereocenters. The normalized spacial score (nSPS) is 10.4. The quantitative estimate of drug-likeness (QED) is 0.731. The van der Waals surface area contributed by atoms with Gasteiger partial charge in [-0.2, -0.15) is 0 Å². The molecule has 0 saturated heterocycles. The van der Waals surface area contributed by atoms with E-state index < -0.39 is 0 Å². The van der Waals surface area contributed by atoms with E-state index >= 15 is 0 Å². The number of hydrogen-bond donors (Lipinski definition) is 1. The molecule has 0 heterocycles. The van der Waals surface area contributed by atoms with Gasteiger partial charge >= 0.3 is 0 Å².